The average molecular weight is 960 g/mol. The monoisotopic (exact) mass is 959 g/mol. The Balaban J connectivity index is 1.02. The van der Waals surface area contributed by atoms with Crippen LogP contribution in [0.3, 0.4) is 0 Å². The van der Waals surface area contributed by atoms with E-state index in [1.165, 1.54) is 22.5 Å². The highest BCUT2D eigenvalue weighted by Gasteiger charge is 2.43. The first-order chi connectivity index (χ1) is 36.4. The molecule has 0 N–H and O–H groups in total. The summed E-state index contributed by atoms with van der Waals surface area (Å²) in [5, 5.41) is 1.62. The molecule has 0 spiro atoms. The van der Waals surface area contributed by atoms with Crippen LogP contribution in [0.25, 0.3) is 72.5 Å². The summed E-state index contributed by atoms with van der Waals surface area (Å²) < 4.78 is 49.1. The molecular weight excluding hydrogens is 919 g/mol. The molecule has 0 amide bonds. The Bertz CT molecular complexity index is 3970. The Labute approximate surface area is 425 Å². The molecule has 4 heterocycles. The highest BCUT2D eigenvalue weighted by molar-refractivity contribution is 7.00. The average Bonchev–Trinajstić information content (AvgIpc) is 3.79. The van der Waals surface area contributed by atoms with Crippen molar-refractivity contribution in [3.63, 3.8) is 0 Å². The molecule has 10 aromatic carbocycles. The van der Waals surface area contributed by atoms with Crippen molar-refractivity contribution in [1.29, 1.82) is 0 Å². The van der Waals surface area contributed by atoms with E-state index in [4.69, 9.17) is 9.97 Å². The van der Waals surface area contributed by atoms with Crippen LogP contribution < -0.4 is 26.2 Å². The largest absolute Gasteiger partial charge is 0.418 e. The zero-order valence-corrected chi connectivity index (χ0v) is 39.6. The van der Waals surface area contributed by atoms with Gasteiger partial charge in [-0.15, -0.1) is 0 Å². The van der Waals surface area contributed by atoms with E-state index in [-0.39, 0.29) is 23.8 Å². The van der Waals surface area contributed by atoms with Crippen molar-refractivity contribution >= 4 is 79.0 Å². The lowest BCUT2D eigenvalue weighted by Gasteiger charge is -2.44. The molecule has 0 aliphatic carbocycles. The zero-order chi connectivity index (χ0) is 49.5. The SMILES string of the molecule is FC(F)(F)c1cccc(-c2nc(-c3ccccc3)cc(-c3ccccc3)n2)c1-n1c2ccccc2c2cc(-c3cc4c5c(c3)N(c3ccccc3)c3ccccc3B5c3ccccc3N4c3ccccc3)ccc21. The minimum absolute atomic E-state index is 0.0400. The third-order valence-electron chi connectivity index (χ3n) is 14.6. The third-order valence-corrected chi connectivity index (χ3v) is 14.6. The summed E-state index contributed by atoms with van der Waals surface area (Å²) in [5.74, 6) is 0.185. The van der Waals surface area contributed by atoms with Gasteiger partial charge in [-0.2, -0.15) is 13.2 Å². The first kappa shape index (κ1) is 43.3. The summed E-state index contributed by atoms with van der Waals surface area (Å²) in [4.78, 5) is 14.9. The van der Waals surface area contributed by atoms with Gasteiger partial charge in [0.2, 0.25) is 0 Å². The maximum atomic E-state index is 15.8. The van der Waals surface area contributed by atoms with Gasteiger partial charge in [0, 0.05) is 61.6 Å². The van der Waals surface area contributed by atoms with Gasteiger partial charge in [-0.25, -0.2) is 9.97 Å². The van der Waals surface area contributed by atoms with E-state index in [2.05, 4.69) is 125 Å². The van der Waals surface area contributed by atoms with Crippen molar-refractivity contribution in [1.82, 2.24) is 14.5 Å². The second kappa shape index (κ2) is 17.1. The van der Waals surface area contributed by atoms with Crippen LogP contribution in [0.5, 0.6) is 0 Å². The number of halogens is 3. The summed E-state index contributed by atoms with van der Waals surface area (Å²) in [6.07, 6.45) is -4.73. The Morgan fingerprint density at radius 3 is 1.45 bits per heavy atom. The quantitative estimate of drug-likeness (QED) is 0.149. The van der Waals surface area contributed by atoms with E-state index in [1.54, 1.807) is 10.6 Å². The molecule has 14 rings (SSSR count). The molecule has 0 radical (unpaired) electrons. The highest BCUT2D eigenvalue weighted by atomic mass is 19.4. The third kappa shape index (κ3) is 6.95. The van der Waals surface area contributed by atoms with Crippen LogP contribution in [0.4, 0.5) is 47.3 Å². The molecule has 0 bridgehead atoms. The zero-order valence-electron chi connectivity index (χ0n) is 39.6. The first-order valence-electron chi connectivity index (χ1n) is 24.7. The minimum Gasteiger partial charge on any atom is -0.311 e. The summed E-state index contributed by atoms with van der Waals surface area (Å²) >= 11 is 0. The summed E-state index contributed by atoms with van der Waals surface area (Å²) in [5.41, 5.74) is 15.4. The Morgan fingerprint density at radius 1 is 0.378 bits per heavy atom. The predicted molar refractivity (Wildman–Crippen MR) is 297 cm³/mol. The number of anilines is 6. The van der Waals surface area contributed by atoms with Crippen molar-refractivity contribution in [2.75, 3.05) is 9.80 Å². The van der Waals surface area contributed by atoms with Crippen molar-refractivity contribution < 1.29 is 13.2 Å². The first-order valence-corrected chi connectivity index (χ1v) is 24.7. The lowest BCUT2D eigenvalue weighted by Crippen LogP contribution is -2.61. The fourth-order valence-electron chi connectivity index (χ4n) is 11.4. The molecule has 0 saturated carbocycles. The molecule has 350 valence electrons. The van der Waals surface area contributed by atoms with Crippen LogP contribution in [0.2, 0.25) is 0 Å². The van der Waals surface area contributed by atoms with Gasteiger partial charge in [-0.1, -0.05) is 164 Å². The van der Waals surface area contributed by atoms with Gasteiger partial charge in [-0.05, 0) is 112 Å². The maximum absolute atomic E-state index is 15.8. The molecule has 9 heteroatoms. The van der Waals surface area contributed by atoms with Crippen LogP contribution >= 0.6 is 0 Å². The number of hydrogen-bond acceptors (Lipinski definition) is 4. The fourth-order valence-corrected chi connectivity index (χ4v) is 11.4. The molecule has 0 unspecified atom stereocenters. The second-order valence-electron chi connectivity index (χ2n) is 18.8. The highest BCUT2D eigenvalue weighted by Crippen LogP contribution is 2.48. The number of aromatic nitrogens is 3. The van der Waals surface area contributed by atoms with Crippen molar-refractivity contribution in [3.05, 3.63) is 254 Å². The Hall–Kier alpha value is -9.47. The lowest BCUT2D eigenvalue weighted by atomic mass is 9.33. The smallest absolute Gasteiger partial charge is 0.311 e. The van der Waals surface area contributed by atoms with E-state index in [0.717, 1.165) is 73.2 Å². The second-order valence-corrected chi connectivity index (χ2v) is 18.8. The molecule has 0 saturated heterocycles. The molecule has 0 atom stereocenters. The molecular formula is C65H41BF3N5. The molecule has 74 heavy (non-hydrogen) atoms. The number of rotatable bonds is 7. The number of alkyl halides is 3. The summed E-state index contributed by atoms with van der Waals surface area (Å²) in [7, 11) is 0. The summed E-state index contributed by atoms with van der Waals surface area (Å²) in [6, 6.07) is 82.5. The van der Waals surface area contributed by atoms with Gasteiger partial charge < -0.3 is 14.4 Å². The number of para-hydroxylation sites is 6. The predicted octanol–water partition coefficient (Wildman–Crippen LogP) is 15.3. The number of benzene rings is 10. The molecule has 5 nitrogen and oxygen atoms in total. The van der Waals surface area contributed by atoms with Crippen molar-refractivity contribution in [3.8, 4) is 50.7 Å². The van der Waals surface area contributed by atoms with E-state index >= 15 is 13.2 Å². The summed E-state index contributed by atoms with van der Waals surface area (Å²) in [6.45, 7) is -0.0501. The van der Waals surface area contributed by atoms with Crippen LogP contribution in [-0.2, 0) is 6.18 Å². The molecule has 12 aromatic rings. The maximum Gasteiger partial charge on any atom is 0.418 e. The normalized spacial score (nSPS) is 12.7. The van der Waals surface area contributed by atoms with E-state index in [0.29, 0.717) is 22.4 Å². The van der Waals surface area contributed by atoms with Crippen LogP contribution in [0.15, 0.2) is 249 Å². The van der Waals surface area contributed by atoms with Gasteiger partial charge in [0.05, 0.1) is 33.7 Å². The fraction of sp³-hybridized carbons (Fsp3) is 0.0154. The number of nitrogens with zero attached hydrogens (tertiary/aromatic N) is 5. The van der Waals surface area contributed by atoms with E-state index in [9.17, 15) is 0 Å². The van der Waals surface area contributed by atoms with Crippen molar-refractivity contribution in [2.24, 2.45) is 0 Å². The molecule has 2 aliphatic heterocycles. The van der Waals surface area contributed by atoms with Crippen molar-refractivity contribution in [2.45, 2.75) is 6.18 Å². The number of hydrogen-bond donors (Lipinski definition) is 0. The molecule has 2 aromatic heterocycles. The van der Waals surface area contributed by atoms with Crippen LogP contribution in [-0.4, -0.2) is 21.2 Å². The number of fused-ring (bicyclic) bond motifs is 7. The van der Waals surface area contributed by atoms with E-state index in [1.807, 2.05) is 115 Å². The molecule has 0 fully saturated rings. The Morgan fingerprint density at radius 2 is 0.878 bits per heavy atom. The van der Waals surface area contributed by atoms with Gasteiger partial charge in [-0.3, -0.25) is 0 Å². The van der Waals surface area contributed by atoms with Crippen LogP contribution in [0.1, 0.15) is 5.56 Å². The van der Waals surface area contributed by atoms with Crippen LogP contribution in [0, 0.1) is 0 Å². The topological polar surface area (TPSA) is 37.2 Å². The van der Waals surface area contributed by atoms with Gasteiger partial charge in [0.1, 0.15) is 0 Å². The standard InChI is InChI=1S/C65H41BF3N5/c67-65(68,69)51-30-19-29-49(64-70-54(42-20-5-1-6-21-42)41-55(71-64)43-22-7-2-8-23-43)63(51)74-56-33-16-13-28-48(56)50-38-44(36-37-57(50)74)45-39-60-62-61(40-45)73(47-26-11-4-12-27-47)59-35-18-15-32-53(59)66(62)52-31-14-17-34-58(52)72(60)46-24-9-3-10-25-46/h1-41H. The minimum atomic E-state index is -4.73. The van der Waals surface area contributed by atoms with Gasteiger partial charge >= 0.3 is 6.18 Å². The lowest BCUT2D eigenvalue weighted by molar-refractivity contribution is -0.137. The van der Waals surface area contributed by atoms with E-state index < -0.39 is 11.7 Å². The Kier molecular flexibility index (Phi) is 10.0. The molecule has 2 aliphatic rings. The van der Waals surface area contributed by atoms with Gasteiger partial charge in [0.15, 0.2) is 5.82 Å². The van der Waals surface area contributed by atoms with Gasteiger partial charge in [0.25, 0.3) is 6.71 Å².